The van der Waals surface area contributed by atoms with E-state index in [0.717, 1.165) is 37.4 Å². The fourth-order valence-corrected chi connectivity index (χ4v) is 5.19. The molecule has 1 saturated carbocycles. The molecule has 0 spiro atoms. The lowest BCUT2D eigenvalue weighted by Gasteiger charge is -2.52. The van der Waals surface area contributed by atoms with Gasteiger partial charge in [0.15, 0.2) is 0 Å². The molecule has 1 saturated heterocycles. The Bertz CT molecular complexity index is 711. The number of fused-ring (bicyclic) bond motifs is 1. The molecular weight excluding hydrogens is 318 g/mol. The smallest absolute Gasteiger partial charge is 0.0967 e. The van der Waals surface area contributed by atoms with Crippen LogP contribution in [0.2, 0.25) is 0 Å². The monoisotopic (exact) mass is 349 g/mol. The Labute approximate surface area is 157 Å². The molecule has 2 fully saturated rings. The van der Waals surface area contributed by atoms with Gasteiger partial charge >= 0.3 is 0 Å². The summed E-state index contributed by atoms with van der Waals surface area (Å²) < 4.78 is 0. The Hall–Kier alpha value is -1.64. The van der Waals surface area contributed by atoms with Gasteiger partial charge in [-0.05, 0) is 73.2 Å². The molecule has 4 unspecified atom stereocenters. The van der Waals surface area contributed by atoms with Crippen LogP contribution in [0.15, 0.2) is 54.6 Å². The molecule has 2 heteroatoms. The summed E-state index contributed by atoms with van der Waals surface area (Å²) in [6.07, 6.45) is 5.36. The molecule has 2 aliphatic rings. The predicted octanol–water partition coefficient (Wildman–Crippen LogP) is 4.32. The van der Waals surface area contributed by atoms with Crippen LogP contribution in [0.3, 0.4) is 0 Å². The van der Waals surface area contributed by atoms with Crippen molar-refractivity contribution in [2.75, 3.05) is 13.1 Å². The second-order valence-electron chi connectivity index (χ2n) is 8.23. The zero-order valence-corrected chi connectivity index (χ0v) is 15.8. The SMILES string of the molecule is CCc1ccc(C(O)(Cc2ccccc2)C2CC3CCNCCC32)cc1. The number of hydrogen-bond donors (Lipinski definition) is 2. The average Bonchev–Trinajstić information content (AvgIpc) is 2.84. The van der Waals surface area contributed by atoms with Crippen LogP contribution in [0.25, 0.3) is 0 Å². The molecule has 2 nitrogen and oxygen atoms in total. The maximum Gasteiger partial charge on any atom is 0.0967 e. The fourth-order valence-electron chi connectivity index (χ4n) is 5.19. The minimum Gasteiger partial charge on any atom is -0.385 e. The first-order valence-corrected chi connectivity index (χ1v) is 10.3. The summed E-state index contributed by atoms with van der Waals surface area (Å²) in [5.41, 5.74) is 2.89. The molecule has 2 aromatic rings. The molecule has 1 aliphatic carbocycles. The molecule has 2 aromatic carbocycles. The topological polar surface area (TPSA) is 32.3 Å². The zero-order chi connectivity index (χ0) is 18.0. The molecular formula is C24H31NO. The van der Waals surface area contributed by atoms with E-state index < -0.39 is 5.60 Å². The normalized spacial score (nSPS) is 27.7. The van der Waals surface area contributed by atoms with Crippen LogP contribution in [-0.4, -0.2) is 18.2 Å². The van der Waals surface area contributed by atoms with Crippen molar-refractivity contribution in [2.24, 2.45) is 17.8 Å². The Balaban J connectivity index is 1.66. The molecule has 26 heavy (non-hydrogen) atoms. The summed E-state index contributed by atoms with van der Waals surface area (Å²) in [5, 5.41) is 15.6. The molecule has 0 radical (unpaired) electrons. The molecule has 138 valence electrons. The highest BCUT2D eigenvalue weighted by Gasteiger charge is 2.52. The van der Waals surface area contributed by atoms with Crippen LogP contribution in [-0.2, 0) is 18.4 Å². The van der Waals surface area contributed by atoms with Crippen LogP contribution in [0, 0.1) is 17.8 Å². The Kier molecular flexibility index (Phi) is 5.15. The van der Waals surface area contributed by atoms with Gasteiger partial charge in [0.1, 0.15) is 0 Å². The van der Waals surface area contributed by atoms with E-state index in [0.29, 0.717) is 18.3 Å². The van der Waals surface area contributed by atoms with Gasteiger partial charge in [0.25, 0.3) is 0 Å². The molecule has 4 atom stereocenters. The third-order valence-corrected chi connectivity index (χ3v) is 6.82. The zero-order valence-electron chi connectivity index (χ0n) is 15.8. The van der Waals surface area contributed by atoms with Gasteiger partial charge in [0, 0.05) is 6.42 Å². The average molecular weight is 350 g/mol. The van der Waals surface area contributed by atoms with Crippen molar-refractivity contribution in [1.29, 1.82) is 0 Å². The summed E-state index contributed by atoms with van der Waals surface area (Å²) in [6, 6.07) is 19.2. The molecule has 0 aromatic heterocycles. The summed E-state index contributed by atoms with van der Waals surface area (Å²) >= 11 is 0. The maximum atomic E-state index is 12.0. The summed E-state index contributed by atoms with van der Waals surface area (Å²) in [7, 11) is 0. The van der Waals surface area contributed by atoms with E-state index in [1.165, 1.54) is 24.0 Å². The highest BCUT2D eigenvalue weighted by Crippen LogP contribution is 2.54. The largest absolute Gasteiger partial charge is 0.385 e. The van der Waals surface area contributed by atoms with E-state index >= 15 is 0 Å². The third-order valence-electron chi connectivity index (χ3n) is 6.82. The van der Waals surface area contributed by atoms with Gasteiger partial charge in [-0.1, -0.05) is 61.5 Å². The van der Waals surface area contributed by atoms with Crippen molar-refractivity contribution in [3.05, 3.63) is 71.3 Å². The quantitative estimate of drug-likeness (QED) is 0.843. The number of aryl methyl sites for hydroxylation is 1. The van der Waals surface area contributed by atoms with Gasteiger partial charge in [-0.3, -0.25) is 0 Å². The Morgan fingerprint density at radius 3 is 2.42 bits per heavy atom. The van der Waals surface area contributed by atoms with Crippen LogP contribution in [0.4, 0.5) is 0 Å². The predicted molar refractivity (Wildman–Crippen MR) is 107 cm³/mol. The highest BCUT2D eigenvalue weighted by molar-refractivity contribution is 5.32. The summed E-state index contributed by atoms with van der Waals surface area (Å²) in [4.78, 5) is 0. The standard InChI is InChI=1S/C24H31NO/c1-2-18-8-10-21(11-9-18)24(26,17-19-6-4-3-5-7-19)23-16-20-12-14-25-15-13-22(20)23/h3-11,20,22-23,25-26H,2,12-17H2,1H3. The van der Waals surface area contributed by atoms with Crippen LogP contribution in [0.5, 0.6) is 0 Å². The molecule has 0 amide bonds. The number of nitrogens with one attached hydrogen (secondary N) is 1. The van der Waals surface area contributed by atoms with E-state index in [-0.39, 0.29) is 0 Å². The molecule has 4 rings (SSSR count). The van der Waals surface area contributed by atoms with Gasteiger partial charge in [-0.2, -0.15) is 0 Å². The minimum absolute atomic E-state index is 0.361. The van der Waals surface area contributed by atoms with E-state index in [1.807, 2.05) is 0 Å². The van der Waals surface area contributed by atoms with Crippen molar-refractivity contribution in [1.82, 2.24) is 5.32 Å². The molecule has 0 bridgehead atoms. The number of hydrogen-bond acceptors (Lipinski definition) is 2. The number of aliphatic hydroxyl groups is 1. The lowest BCUT2D eigenvalue weighted by atomic mass is 9.54. The van der Waals surface area contributed by atoms with E-state index in [9.17, 15) is 5.11 Å². The molecule has 1 aliphatic heterocycles. The van der Waals surface area contributed by atoms with Crippen molar-refractivity contribution in [3.63, 3.8) is 0 Å². The van der Waals surface area contributed by atoms with Gasteiger partial charge < -0.3 is 10.4 Å². The summed E-state index contributed by atoms with van der Waals surface area (Å²) in [5.74, 6) is 1.79. The van der Waals surface area contributed by atoms with E-state index in [1.54, 1.807) is 0 Å². The van der Waals surface area contributed by atoms with Crippen LogP contribution < -0.4 is 5.32 Å². The third kappa shape index (κ3) is 3.33. The van der Waals surface area contributed by atoms with Crippen molar-refractivity contribution in [3.8, 4) is 0 Å². The first-order chi connectivity index (χ1) is 12.7. The molecule has 2 N–H and O–H groups in total. The maximum absolute atomic E-state index is 12.0. The van der Waals surface area contributed by atoms with E-state index in [4.69, 9.17) is 0 Å². The van der Waals surface area contributed by atoms with Gasteiger partial charge in [0.05, 0.1) is 5.60 Å². The summed E-state index contributed by atoms with van der Waals surface area (Å²) in [6.45, 7) is 4.41. The van der Waals surface area contributed by atoms with Crippen molar-refractivity contribution < 1.29 is 5.11 Å². The second-order valence-corrected chi connectivity index (χ2v) is 8.23. The first kappa shape index (κ1) is 17.8. The number of rotatable bonds is 5. The Morgan fingerprint density at radius 2 is 1.69 bits per heavy atom. The van der Waals surface area contributed by atoms with E-state index in [2.05, 4.69) is 66.8 Å². The van der Waals surface area contributed by atoms with Crippen molar-refractivity contribution >= 4 is 0 Å². The van der Waals surface area contributed by atoms with Gasteiger partial charge in [0.2, 0.25) is 0 Å². The lowest BCUT2D eigenvalue weighted by Crippen LogP contribution is -2.51. The Morgan fingerprint density at radius 1 is 0.962 bits per heavy atom. The first-order valence-electron chi connectivity index (χ1n) is 10.3. The van der Waals surface area contributed by atoms with Crippen LogP contribution >= 0.6 is 0 Å². The second kappa shape index (κ2) is 7.54. The fraction of sp³-hybridized carbons (Fsp3) is 0.500. The highest BCUT2D eigenvalue weighted by atomic mass is 16.3. The minimum atomic E-state index is -0.765. The molecule has 1 heterocycles. The number of benzene rings is 2. The van der Waals surface area contributed by atoms with Crippen molar-refractivity contribution in [2.45, 2.75) is 44.6 Å². The van der Waals surface area contributed by atoms with Gasteiger partial charge in [-0.25, -0.2) is 0 Å². The lowest BCUT2D eigenvalue weighted by molar-refractivity contribution is -0.119. The van der Waals surface area contributed by atoms with Crippen LogP contribution in [0.1, 0.15) is 42.9 Å². The van der Waals surface area contributed by atoms with Gasteiger partial charge in [-0.15, -0.1) is 0 Å².